The number of likely N-dealkylation sites (N-methyl/N-ethyl adjacent to an activating group) is 1. The number of nitrogens with zero attached hydrogens (tertiary/aromatic N) is 3. The van der Waals surface area contributed by atoms with E-state index in [0.29, 0.717) is 12.1 Å². The Morgan fingerprint density at radius 2 is 1.96 bits per heavy atom. The number of aryl methyl sites for hydroxylation is 2. The maximum atomic E-state index is 4.25. The number of hydrogen-bond acceptors (Lipinski definition) is 2. The van der Waals surface area contributed by atoms with Crippen molar-refractivity contribution < 1.29 is 0 Å². The van der Waals surface area contributed by atoms with Crippen molar-refractivity contribution in [3.8, 4) is 0 Å². The van der Waals surface area contributed by atoms with Gasteiger partial charge < -0.3 is 4.57 Å². The minimum atomic E-state index is 0.466. The van der Waals surface area contributed by atoms with Crippen molar-refractivity contribution in [2.24, 2.45) is 0 Å². The topological polar surface area (TPSA) is 21.1 Å². The summed E-state index contributed by atoms with van der Waals surface area (Å²) in [5.74, 6) is 0. The van der Waals surface area contributed by atoms with E-state index in [9.17, 15) is 0 Å². The molecule has 0 spiro atoms. The van der Waals surface area contributed by atoms with E-state index in [2.05, 4.69) is 65.7 Å². The number of hydrogen-bond donors (Lipinski definition) is 0. The van der Waals surface area contributed by atoms with Crippen molar-refractivity contribution in [3.63, 3.8) is 0 Å². The number of benzene rings is 1. The van der Waals surface area contributed by atoms with Crippen LogP contribution < -0.4 is 0 Å². The molecule has 0 saturated heterocycles. The second-order valence-electron chi connectivity index (χ2n) is 7.04. The molecule has 1 aliphatic rings. The molecule has 124 valence electrons. The van der Waals surface area contributed by atoms with Crippen LogP contribution >= 0.6 is 0 Å². The van der Waals surface area contributed by atoms with Gasteiger partial charge in [-0.3, -0.25) is 9.88 Å². The lowest BCUT2D eigenvalue weighted by Gasteiger charge is -2.36. The fraction of sp³-hybridized carbons (Fsp3) is 0.381. The number of aromatic nitrogens is 2. The fourth-order valence-electron chi connectivity index (χ4n) is 4.12. The van der Waals surface area contributed by atoms with Crippen molar-refractivity contribution >= 4 is 10.9 Å². The predicted octanol–water partition coefficient (Wildman–Crippen LogP) is 4.22. The summed E-state index contributed by atoms with van der Waals surface area (Å²) < 4.78 is 2.55. The molecule has 0 bridgehead atoms. The number of rotatable bonds is 3. The van der Waals surface area contributed by atoms with E-state index in [1.165, 1.54) is 27.7 Å². The molecular weight excluding hydrogens is 294 g/mol. The highest BCUT2D eigenvalue weighted by Crippen LogP contribution is 2.39. The molecule has 2 aromatic heterocycles. The molecule has 3 heterocycles. The number of fused-ring (bicyclic) bond motifs is 3. The van der Waals surface area contributed by atoms with Gasteiger partial charge in [0, 0.05) is 54.0 Å². The first-order valence-electron chi connectivity index (χ1n) is 8.87. The van der Waals surface area contributed by atoms with Gasteiger partial charge in [0.15, 0.2) is 0 Å². The minimum Gasteiger partial charge on any atom is -0.344 e. The molecule has 0 fully saturated rings. The highest BCUT2D eigenvalue weighted by atomic mass is 15.2. The molecule has 0 radical (unpaired) electrons. The lowest BCUT2D eigenvalue weighted by molar-refractivity contribution is 0.177. The smallest absolute Gasteiger partial charge is 0.0486 e. The van der Waals surface area contributed by atoms with Gasteiger partial charge in [0.25, 0.3) is 0 Å². The van der Waals surface area contributed by atoms with Crippen molar-refractivity contribution in [1.82, 2.24) is 14.5 Å². The molecule has 0 saturated carbocycles. The molecule has 0 N–H and O–H groups in total. The third-order valence-corrected chi connectivity index (χ3v) is 5.68. The Kier molecular flexibility index (Phi) is 3.89. The van der Waals surface area contributed by atoms with Crippen molar-refractivity contribution in [2.45, 2.75) is 45.3 Å². The standard InChI is InChI=1S/C21H25N3/c1-15-13-20-21(16(2)23(15)3)18-8-4-5-9-19(18)24(20)12-10-17-7-6-11-22-14-17/h4-9,11,14-16H,10,12-13H2,1-3H3. The Hall–Kier alpha value is -2.13. The monoisotopic (exact) mass is 319 g/mol. The Labute approximate surface area is 143 Å². The summed E-state index contributed by atoms with van der Waals surface area (Å²) in [6.45, 7) is 5.69. The van der Waals surface area contributed by atoms with E-state index in [1.54, 1.807) is 0 Å². The van der Waals surface area contributed by atoms with Crippen LogP contribution in [0.1, 0.15) is 36.7 Å². The first kappa shape index (κ1) is 15.4. The molecular formula is C21H25N3. The van der Waals surface area contributed by atoms with Crippen molar-refractivity contribution in [2.75, 3.05) is 7.05 Å². The van der Waals surface area contributed by atoms with Gasteiger partial charge in [-0.25, -0.2) is 0 Å². The second kappa shape index (κ2) is 6.06. The molecule has 2 unspecified atom stereocenters. The van der Waals surface area contributed by atoms with Gasteiger partial charge in [-0.1, -0.05) is 24.3 Å². The molecule has 3 aromatic rings. The van der Waals surface area contributed by atoms with Crippen LogP contribution in [0.5, 0.6) is 0 Å². The van der Waals surface area contributed by atoms with Crippen molar-refractivity contribution in [1.29, 1.82) is 0 Å². The third-order valence-electron chi connectivity index (χ3n) is 5.68. The normalized spacial score (nSPS) is 21.1. The van der Waals surface area contributed by atoms with E-state index in [-0.39, 0.29) is 0 Å². The van der Waals surface area contributed by atoms with Gasteiger partial charge in [-0.15, -0.1) is 0 Å². The summed E-state index contributed by atoms with van der Waals surface area (Å²) >= 11 is 0. The van der Waals surface area contributed by atoms with Crippen LogP contribution in [-0.2, 0) is 19.4 Å². The van der Waals surface area contributed by atoms with Gasteiger partial charge in [-0.2, -0.15) is 0 Å². The number of pyridine rings is 1. The summed E-state index contributed by atoms with van der Waals surface area (Å²) in [6, 6.07) is 14.1. The average Bonchev–Trinajstić information content (AvgIpc) is 2.92. The molecule has 24 heavy (non-hydrogen) atoms. The maximum Gasteiger partial charge on any atom is 0.0486 e. The molecule has 3 nitrogen and oxygen atoms in total. The van der Waals surface area contributed by atoms with Crippen LogP contribution in [0.3, 0.4) is 0 Å². The van der Waals surface area contributed by atoms with Gasteiger partial charge >= 0.3 is 0 Å². The Balaban J connectivity index is 1.79. The number of para-hydroxylation sites is 1. The fourth-order valence-corrected chi connectivity index (χ4v) is 4.12. The lowest BCUT2D eigenvalue weighted by Crippen LogP contribution is -2.38. The first-order chi connectivity index (χ1) is 11.7. The first-order valence-corrected chi connectivity index (χ1v) is 8.87. The lowest BCUT2D eigenvalue weighted by atomic mass is 9.93. The molecule has 1 aliphatic heterocycles. The van der Waals surface area contributed by atoms with Crippen molar-refractivity contribution in [3.05, 3.63) is 65.6 Å². The van der Waals surface area contributed by atoms with Gasteiger partial charge in [0.1, 0.15) is 0 Å². The van der Waals surface area contributed by atoms with Crippen LogP contribution in [0.15, 0.2) is 48.8 Å². The summed E-state index contributed by atoms with van der Waals surface area (Å²) in [7, 11) is 2.25. The Bertz CT molecular complexity index is 850. The summed E-state index contributed by atoms with van der Waals surface area (Å²) in [5, 5.41) is 1.42. The van der Waals surface area contributed by atoms with Crippen LogP contribution in [-0.4, -0.2) is 27.5 Å². The van der Waals surface area contributed by atoms with E-state index in [1.807, 2.05) is 18.5 Å². The maximum absolute atomic E-state index is 4.25. The van der Waals surface area contributed by atoms with Gasteiger partial charge in [-0.05, 0) is 50.6 Å². The predicted molar refractivity (Wildman–Crippen MR) is 99.2 cm³/mol. The van der Waals surface area contributed by atoms with E-state index in [4.69, 9.17) is 0 Å². The van der Waals surface area contributed by atoms with E-state index in [0.717, 1.165) is 19.4 Å². The van der Waals surface area contributed by atoms with Gasteiger partial charge in [0.05, 0.1) is 0 Å². The molecule has 3 heteroatoms. The van der Waals surface area contributed by atoms with Crippen LogP contribution in [0.25, 0.3) is 10.9 Å². The summed E-state index contributed by atoms with van der Waals surface area (Å²) in [5.41, 5.74) is 5.73. The molecule has 1 aromatic carbocycles. The SMILES string of the molecule is CC1Cc2c(c3ccccc3n2CCc2cccnc2)C(C)N1C. The van der Waals surface area contributed by atoms with E-state index < -0.39 is 0 Å². The van der Waals surface area contributed by atoms with E-state index >= 15 is 0 Å². The Morgan fingerprint density at radius 1 is 1.12 bits per heavy atom. The van der Waals surface area contributed by atoms with Gasteiger partial charge in [0.2, 0.25) is 0 Å². The zero-order valence-corrected chi connectivity index (χ0v) is 14.7. The second-order valence-corrected chi connectivity index (χ2v) is 7.04. The summed E-state index contributed by atoms with van der Waals surface area (Å²) in [6.07, 6.45) is 5.97. The molecule has 2 atom stereocenters. The zero-order valence-electron chi connectivity index (χ0n) is 14.7. The van der Waals surface area contributed by atoms with Crippen LogP contribution in [0, 0.1) is 0 Å². The largest absolute Gasteiger partial charge is 0.344 e. The Morgan fingerprint density at radius 3 is 2.75 bits per heavy atom. The van der Waals surface area contributed by atoms with Crippen LogP contribution in [0.2, 0.25) is 0 Å². The zero-order chi connectivity index (χ0) is 16.7. The molecule has 0 aliphatic carbocycles. The molecule has 0 amide bonds. The average molecular weight is 319 g/mol. The highest BCUT2D eigenvalue weighted by Gasteiger charge is 2.31. The minimum absolute atomic E-state index is 0.466. The molecule has 4 rings (SSSR count). The quantitative estimate of drug-likeness (QED) is 0.721. The summed E-state index contributed by atoms with van der Waals surface area (Å²) in [4.78, 5) is 6.75. The van der Waals surface area contributed by atoms with Crippen LogP contribution in [0.4, 0.5) is 0 Å². The third kappa shape index (κ3) is 2.44. The highest BCUT2D eigenvalue weighted by molar-refractivity contribution is 5.86.